The second kappa shape index (κ2) is 6.69. The number of amides is 2. The zero-order chi connectivity index (χ0) is 23.7. The molecular weight excluding hydrogens is 444 g/mol. The summed E-state index contributed by atoms with van der Waals surface area (Å²) in [5.41, 5.74) is -0.299. The first-order valence-corrected chi connectivity index (χ1v) is 9.45. The predicted octanol–water partition coefficient (Wildman–Crippen LogP) is 3.69. The van der Waals surface area contributed by atoms with Crippen molar-refractivity contribution in [3.63, 3.8) is 0 Å². The average molecular weight is 461 g/mol. The normalized spacial score (nSPS) is 24.5. The fraction of sp³-hybridized carbons (Fsp3) is 0.474. The van der Waals surface area contributed by atoms with Crippen molar-refractivity contribution in [1.82, 2.24) is 14.8 Å². The molecule has 0 aromatic carbocycles. The van der Waals surface area contributed by atoms with E-state index < -0.39 is 51.9 Å². The molecule has 172 valence electrons. The van der Waals surface area contributed by atoms with Gasteiger partial charge in [0.15, 0.2) is 0 Å². The lowest BCUT2D eigenvalue weighted by Crippen LogP contribution is -2.69. The molecule has 2 bridgehead atoms. The highest BCUT2D eigenvalue weighted by atomic mass is 19.4. The van der Waals surface area contributed by atoms with E-state index in [0.717, 1.165) is 23.9 Å². The molecule has 2 aromatic heterocycles. The molecule has 0 aliphatic heterocycles. The number of nitrogens with two attached hydrogens (primary N) is 1. The van der Waals surface area contributed by atoms with E-state index in [4.69, 9.17) is 5.73 Å². The molecule has 0 spiro atoms. The van der Waals surface area contributed by atoms with Crippen molar-refractivity contribution in [2.24, 2.45) is 16.6 Å². The number of nitrogens with zero attached hydrogens (tertiary/aromatic N) is 3. The summed E-state index contributed by atoms with van der Waals surface area (Å²) in [5, 5.41) is 6.09. The molecule has 3 N–H and O–H groups in total. The molecule has 3 aliphatic rings. The van der Waals surface area contributed by atoms with Crippen LogP contribution in [0.5, 0.6) is 0 Å². The second-order valence-electron chi connectivity index (χ2n) is 8.52. The number of primary amides is 1. The lowest BCUT2D eigenvalue weighted by atomic mass is 9.35. The minimum atomic E-state index is -4.92. The van der Waals surface area contributed by atoms with Crippen LogP contribution < -0.4 is 11.1 Å². The highest BCUT2D eigenvalue weighted by molar-refractivity contribution is 6.05. The standard InChI is InChI=1S/C19H17F6N5O2/c1-9-12(18(20,21)22)13(15(32)28-10-2-3-27-11(4-10)14(26)31)30(29-9)8-16-5-17(6-16,7-16)19(23,24)25/h2-4H,5-8H2,1H3,(H2,26,31)(H,27,28,32). The number of hydrogen-bond donors (Lipinski definition) is 2. The second-order valence-corrected chi connectivity index (χ2v) is 8.52. The lowest BCUT2D eigenvalue weighted by Gasteiger charge is -2.70. The zero-order valence-electron chi connectivity index (χ0n) is 16.6. The van der Waals surface area contributed by atoms with E-state index in [0.29, 0.717) is 0 Å². The van der Waals surface area contributed by atoms with Crippen molar-refractivity contribution < 1.29 is 35.9 Å². The number of carbonyl (C=O) groups excluding carboxylic acids is 2. The van der Waals surface area contributed by atoms with Crippen molar-refractivity contribution in [2.75, 3.05) is 5.32 Å². The molecule has 2 amide bonds. The van der Waals surface area contributed by atoms with Crippen LogP contribution >= 0.6 is 0 Å². The van der Waals surface area contributed by atoms with Crippen LogP contribution in [0.4, 0.5) is 32.0 Å². The Labute approximate surface area is 177 Å². The molecule has 7 nitrogen and oxygen atoms in total. The summed E-state index contributed by atoms with van der Waals surface area (Å²) in [6.45, 7) is 0.834. The van der Waals surface area contributed by atoms with Crippen molar-refractivity contribution in [1.29, 1.82) is 0 Å². The van der Waals surface area contributed by atoms with Gasteiger partial charge in [-0.1, -0.05) is 0 Å². The summed E-state index contributed by atoms with van der Waals surface area (Å²) in [5.74, 6) is -2.07. The number of anilines is 1. The molecule has 0 radical (unpaired) electrons. The number of pyridine rings is 1. The number of nitrogens with one attached hydrogen (secondary N) is 1. The van der Waals surface area contributed by atoms with Crippen molar-refractivity contribution in [2.45, 2.75) is 45.1 Å². The molecule has 5 rings (SSSR count). The average Bonchev–Trinajstić information content (AvgIpc) is 2.92. The van der Waals surface area contributed by atoms with Crippen LogP contribution in [0.15, 0.2) is 18.3 Å². The maximum atomic E-state index is 13.7. The van der Waals surface area contributed by atoms with Gasteiger partial charge < -0.3 is 11.1 Å². The molecular formula is C19H17F6N5O2. The molecule has 2 aromatic rings. The van der Waals surface area contributed by atoms with Gasteiger partial charge in [0.1, 0.15) is 17.0 Å². The summed E-state index contributed by atoms with van der Waals surface area (Å²) < 4.78 is 81.3. The molecule has 3 aliphatic carbocycles. The van der Waals surface area contributed by atoms with Crippen LogP contribution in [-0.4, -0.2) is 32.8 Å². The summed E-state index contributed by atoms with van der Waals surface area (Å²) in [6, 6.07) is 2.34. The quantitative estimate of drug-likeness (QED) is 0.663. The minimum Gasteiger partial charge on any atom is -0.364 e. The van der Waals surface area contributed by atoms with E-state index in [1.165, 1.54) is 6.07 Å². The third-order valence-electron chi connectivity index (χ3n) is 6.12. The number of aryl methyl sites for hydroxylation is 1. The third kappa shape index (κ3) is 3.39. The van der Waals surface area contributed by atoms with Crippen molar-refractivity contribution >= 4 is 17.5 Å². The van der Waals surface area contributed by atoms with Crippen LogP contribution in [0.1, 0.15) is 51.5 Å². The van der Waals surface area contributed by atoms with Gasteiger partial charge in [0.2, 0.25) is 0 Å². The Hall–Kier alpha value is -3.12. The van der Waals surface area contributed by atoms with E-state index in [2.05, 4.69) is 15.4 Å². The topological polar surface area (TPSA) is 103 Å². The first-order chi connectivity index (χ1) is 14.7. The van der Waals surface area contributed by atoms with Gasteiger partial charge >= 0.3 is 12.4 Å². The number of aromatic nitrogens is 3. The molecule has 0 atom stereocenters. The Kier molecular flexibility index (Phi) is 4.62. The minimum absolute atomic E-state index is 0.0288. The fourth-order valence-electron chi connectivity index (χ4n) is 4.88. The van der Waals surface area contributed by atoms with E-state index in [1.807, 2.05) is 0 Å². The molecule has 3 saturated carbocycles. The van der Waals surface area contributed by atoms with Crippen LogP contribution in [0.2, 0.25) is 0 Å². The Morgan fingerprint density at radius 3 is 2.34 bits per heavy atom. The summed E-state index contributed by atoms with van der Waals surface area (Å²) in [7, 11) is 0. The third-order valence-corrected chi connectivity index (χ3v) is 6.12. The number of rotatable bonds is 5. The molecule has 13 heteroatoms. The smallest absolute Gasteiger partial charge is 0.364 e. The molecule has 2 heterocycles. The first-order valence-electron chi connectivity index (χ1n) is 9.45. The van der Waals surface area contributed by atoms with Crippen LogP contribution in [0.3, 0.4) is 0 Å². The van der Waals surface area contributed by atoms with E-state index >= 15 is 0 Å². The molecule has 0 saturated heterocycles. The SMILES string of the molecule is Cc1nn(CC23CC(C(F)(F)F)(C2)C3)c(C(=O)Nc2ccnc(C(N)=O)c2)c1C(F)(F)F. The Morgan fingerprint density at radius 1 is 1.19 bits per heavy atom. The highest BCUT2D eigenvalue weighted by Crippen LogP contribution is 2.78. The molecule has 32 heavy (non-hydrogen) atoms. The predicted molar refractivity (Wildman–Crippen MR) is 97.4 cm³/mol. The fourth-order valence-corrected chi connectivity index (χ4v) is 4.88. The Bertz CT molecular complexity index is 1100. The van der Waals surface area contributed by atoms with Crippen LogP contribution in [-0.2, 0) is 12.7 Å². The largest absolute Gasteiger partial charge is 0.420 e. The maximum absolute atomic E-state index is 13.7. The van der Waals surface area contributed by atoms with Gasteiger partial charge in [-0.05, 0) is 43.7 Å². The van der Waals surface area contributed by atoms with Crippen molar-refractivity contribution in [3.05, 3.63) is 41.0 Å². The summed E-state index contributed by atoms with van der Waals surface area (Å²) in [6.07, 6.45) is -8.78. The van der Waals surface area contributed by atoms with Gasteiger partial charge in [-0.15, -0.1) is 0 Å². The van der Waals surface area contributed by atoms with Gasteiger partial charge in [0.05, 0.1) is 11.1 Å². The lowest BCUT2D eigenvalue weighted by molar-refractivity contribution is -0.366. The van der Waals surface area contributed by atoms with Crippen LogP contribution in [0.25, 0.3) is 0 Å². The first kappa shape index (κ1) is 22.1. The Balaban J connectivity index is 1.64. The van der Waals surface area contributed by atoms with E-state index in [-0.39, 0.29) is 37.2 Å². The number of hydrogen-bond acceptors (Lipinski definition) is 4. The van der Waals surface area contributed by atoms with Gasteiger partial charge in [-0.25, -0.2) is 0 Å². The van der Waals surface area contributed by atoms with E-state index in [1.54, 1.807) is 0 Å². The number of carbonyl (C=O) groups is 2. The number of alkyl halides is 6. The van der Waals surface area contributed by atoms with Crippen molar-refractivity contribution in [3.8, 4) is 0 Å². The summed E-state index contributed by atoms with van der Waals surface area (Å²) in [4.78, 5) is 27.8. The highest BCUT2D eigenvalue weighted by Gasteiger charge is 2.78. The summed E-state index contributed by atoms with van der Waals surface area (Å²) >= 11 is 0. The van der Waals surface area contributed by atoms with Gasteiger partial charge in [0.25, 0.3) is 11.8 Å². The number of halogens is 6. The zero-order valence-corrected chi connectivity index (χ0v) is 16.6. The maximum Gasteiger partial charge on any atom is 0.420 e. The van der Waals surface area contributed by atoms with Gasteiger partial charge in [-0.2, -0.15) is 31.4 Å². The van der Waals surface area contributed by atoms with Crippen LogP contribution in [0, 0.1) is 17.8 Å². The van der Waals surface area contributed by atoms with Gasteiger partial charge in [0, 0.05) is 18.4 Å². The van der Waals surface area contributed by atoms with E-state index in [9.17, 15) is 35.9 Å². The molecule has 0 unspecified atom stereocenters. The Morgan fingerprint density at radius 2 is 1.81 bits per heavy atom. The monoisotopic (exact) mass is 461 g/mol. The van der Waals surface area contributed by atoms with Gasteiger partial charge in [-0.3, -0.25) is 19.3 Å². The molecule has 3 fully saturated rings.